The number of benzene rings is 1. The first-order chi connectivity index (χ1) is 16.2. The minimum atomic E-state index is -4.45. The Kier molecular flexibility index (Phi) is 8.22. The Bertz CT molecular complexity index is 1250. The molecule has 0 saturated heterocycles. The smallest absolute Gasteiger partial charge is 0.422 e. The number of hydrogen-bond donors (Lipinski definition) is 1. The Morgan fingerprint density at radius 1 is 1.26 bits per heavy atom. The monoisotopic (exact) mass is 493 g/mol. The maximum absolute atomic E-state index is 13.2. The first-order valence-corrected chi connectivity index (χ1v) is 11.3. The summed E-state index contributed by atoms with van der Waals surface area (Å²) in [6.07, 6.45) is -1.70. The zero-order valence-electron chi connectivity index (χ0n) is 18.3. The van der Waals surface area contributed by atoms with Gasteiger partial charge in [-0.2, -0.15) is 18.4 Å². The van der Waals surface area contributed by atoms with Crippen molar-refractivity contribution in [1.29, 1.82) is 5.26 Å². The molecule has 0 fully saturated rings. The summed E-state index contributed by atoms with van der Waals surface area (Å²) in [5.41, 5.74) is 0.619. The minimum absolute atomic E-state index is 0.0273. The van der Waals surface area contributed by atoms with Crippen molar-refractivity contribution in [3.8, 4) is 17.5 Å². The van der Waals surface area contributed by atoms with Crippen molar-refractivity contribution in [2.45, 2.75) is 30.6 Å². The van der Waals surface area contributed by atoms with Gasteiger partial charge in [0.1, 0.15) is 11.4 Å². The second kappa shape index (κ2) is 11.1. The molecule has 0 aliphatic rings. The van der Waals surface area contributed by atoms with Gasteiger partial charge in [0, 0.05) is 32.0 Å². The summed E-state index contributed by atoms with van der Waals surface area (Å²) in [5.74, 6) is 0.369. The number of rotatable bonds is 10. The van der Waals surface area contributed by atoms with Gasteiger partial charge in [-0.3, -0.25) is 14.2 Å². The zero-order valence-corrected chi connectivity index (χ0v) is 19.1. The third-order valence-corrected chi connectivity index (χ3v) is 5.73. The van der Waals surface area contributed by atoms with E-state index in [9.17, 15) is 22.8 Å². The number of amides is 1. The lowest BCUT2D eigenvalue weighted by molar-refractivity contribution is -0.153. The second-order valence-electron chi connectivity index (χ2n) is 7.31. The Morgan fingerprint density at radius 3 is 2.68 bits per heavy atom. The van der Waals surface area contributed by atoms with Crippen LogP contribution in [0.2, 0.25) is 0 Å². The van der Waals surface area contributed by atoms with Gasteiger partial charge in [-0.05, 0) is 36.8 Å². The topological polar surface area (TPSA) is 102 Å². The van der Waals surface area contributed by atoms with Gasteiger partial charge in [0.05, 0.1) is 23.6 Å². The minimum Gasteiger partial charge on any atom is -0.484 e. The van der Waals surface area contributed by atoms with Crippen LogP contribution in [0.3, 0.4) is 0 Å². The van der Waals surface area contributed by atoms with Crippen molar-refractivity contribution in [1.82, 2.24) is 19.4 Å². The highest BCUT2D eigenvalue weighted by molar-refractivity contribution is 7.99. The van der Waals surface area contributed by atoms with Crippen molar-refractivity contribution in [2.24, 2.45) is 7.05 Å². The summed E-state index contributed by atoms with van der Waals surface area (Å²) in [6, 6.07) is 9.33. The molecule has 12 heteroatoms. The van der Waals surface area contributed by atoms with E-state index < -0.39 is 12.8 Å². The third kappa shape index (κ3) is 6.54. The van der Waals surface area contributed by atoms with Crippen LogP contribution in [0.15, 0.2) is 46.5 Å². The molecule has 2 aromatic heterocycles. The lowest BCUT2D eigenvalue weighted by atomic mass is 10.3. The van der Waals surface area contributed by atoms with E-state index in [2.05, 4.69) is 10.3 Å². The number of aromatic nitrogens is 3. The van der Waals surface area contributed by atoms with Gasteiger partial charge in [-0.1, -0.05) is 11.8 Å². The molecule has 8 nitrogen and oxygen atoms in total. The van der Waals surface area contributed by atoms with Gasteiger partial charge < -0.3 is 14.6 Å². The van der Waals surface area contributed by atoms with E-state index in [0.29, 0.717) is 40.6 Å². The van der Waals surface area contributed by atoms with Crippen molar-refractivity contribution < 1.29 is 22.7 Å². The molecule has 1 aromatic carbocycles. The highest BCUT2D eigenvalue weighted by atomic mass is 32.2. The van der Waals surface area contributed by atoms with Crippen LogP contribution < -0.4 is 15.6 Å². The van der Waals surface area contributed by atoms with Crippen LogP contribution in [0.1, 0.15) is 19.3 Å². The number of nitrogens with one attached hydrogen (secondary N) is 1. The highest BCUT2D eigenvalue weighted by Gasteiger charge is 2.28. The molecule has 0 aliphatic carbocycles. The van der Waals surface area contributed by atoms with E-state index in [0.717, 1.165) is 0 Å². The van der Waals surface area contributed by atoms with Crippen molar-refractivity contribution in [2.75, 3.05) is 18.9 Å². The Balaban J connectivity index is 1.80. The van der Waals surface area contributed by atoms with Crippen LogP contribution in [-0.4, -0.2) is 45.1 Å². The first kappa shape index (κ1) is 25.2. The van der Waals surface area contributed by atoms with Gasteiger partial charge >= 0.3 is 6.18 Å². The largest absolute Gasteiger partial charge is 0.484 e. The fourth-order valence-corrected chi connectivity index (χ4v) is 4.04. The van der Waals surface area contributed by atoms with E-state index >= 15 is 0 Å². The fraction of sp³-hybridized carbons (Fsp3) is 0.364. The fourth-order valence-electron chi connectivity index (χ4n) is 3.10. The first-order valence-electron chi connectivity index (χ1n) is 10.3. The van der Waals surface area contributed by atoms with Gasteiger partial charge in [-0.25, -0.2) is 4.98 Å². The molecule has 34 heavy (non-hydrogen) atoms. The van der Waals surface area contributed by atoms with E-state index in [4.69, 9.17) is 10.00 Å². The third-order valence-electron chi connectivity index (χ3n) is 4.70. The number of carbonyl (C=O) groups is 1. The van der Waals surface area contributed by atoms with Gasteiger partial charge in [-0.15, -0.1) is 0 Å². The molecule has 0 spiro atoms. The van der Waals surface area contributed by atoms with Crippen LogP contribution in [-0.2, 0) is 11.8 Å². The number of thioether (sulfide) groups is 1. The second-order valence-corrected chi connectivity index (χ2v) is 8.37. The summed E-state index contributed by atoms with van der Waals surface area (Å²) in [4.78, 5) is 29.6. The highest BCUT2D eigenvalue weighted by Crippen LogP contribution is 2.25. The quantitative estimate of drug-likeness (QED) is 0.263. The molecule has 0 aliphatic heterocycles. The van der Waals surface area contributed by atoms with Gasteiger partial charge in [0.25, 0.3) is 5.56 Å². The zero-order chi connectivity index (χ0) is 24.7. The molecule has 3 aromatic rings. The molecule has 0 radical (unpaired) electrons. The number of fused-ring (bicyclic) bond motifs is 1. The normalized spacial score (nSPS) is 11.4. The molecule has 0 saturated carbocycles. The maximum Gasteiger partial charge on any atom is 0.422 e. The van der Waals surface area contributed by atoms with Crippen LogP contribution in [0.5, 0.6) is 5.75 Å². The summed E-state index contributed by atoms with van der Waals surface area (Å²) in [7, 11) is 1.77. The maximum atomic E-state index is 13.2. The van der Waals surface area contributed by atoms with E-state index in [1.54, 1.807) is 23.9 Å². The molecular weight excluding hydrogens is 471 g/mol. The number of ether oxygens (including phenoxy) is 1. The molecule has 0 unspecified atom stereocenters. The molecular formula is C22H22F3N5O3S. The lowest BCUT2D eigenvalue weighted by Gasteiger charge is -2.14. The van der Waals surface area contributed by atoms with Crippen LogP contribution in [0, 0.1) is 11.3 Å². The van der Waals surface area contributed by atoms with Crippen LogP contribution in [0.25, 0.3) is 16.7 Å². The Hall–Kier alpha value is -3.46. The van der Waals surface area contributed by atoms with Crippen LogP contribution >= 0.6 is 11.8 Å². The summed E-state index contributed by atoms with van der Waals surface area (Å²) in [5, 5.41) is 12.0. The number of hydrogen-bond acceptors (Lipinski definition) is 6. The molecule has 1 N–H and O–H groups in total. The van der Waals surface area contributed by atoms with E-state index in [-0.39, 0.29) is 30.1 Å². The summed E-state index contributed by atoms with van der Waals surface area (Å²) < 4.78 is 45.0. The predicted octanol–water partition coefficient (Wildman–Crippen LogP) is 3.57. The molecule has 0 atom stereocenters. The van der Waals surface area contributed by atoms with E-state index in [1.807, 2.05) is 6.07 Å². The van der Waals surface area contributed by atoms with Crippen molar-refractivity contribution >= 4 is 28.7 Å². The van der Waals surface area contributed by atoms with Crippen LogP contribution in [0.4, 0.5) is 13.2 Å². The molecule has 2 heterocycles. The SMILES string of the molecule is Cn1ccc2c(=O)n(-c3ccc(OCC(F)(F)F)cc3)c(SCCCC(=O)NCCC#N)nc21. The van der Waals surface area contributed by atoms with Gasteiger partial charge in [0.2, 0.25) is 5.91 Å². The average molecular weight is 494 g/mol. The molecule has 0 bridgehead atoms. The average Bonchev–Trinajstić information content (AvgIpc) is 3.16. The van der Waals surface area contributed by atoms with Crippen molar-refractivity contribution in [3.05, 3.63) is 46.9 Å². The summed E-state index contributed by atoms with van der Waals surface area (Å²) >= 11 is 1.30. The Labute approximate surface area is 197 Å². The number of nitriles is 1. The number of aryl methyl sites for hydroxylation is 1. The summed E-state index contributed by atoms with van der Waals surface area (Å²) in [6.45, 7) is -1.11. The van der Waals surface area contributed by atoms with E-state index in [1.165, 1.54) is 40.6 Å². The number of halogens is 3. The molecule has 180 valence electrons. The number of nitrogens with zero attached hydrogens (tertiary/aromatic N) is 4. The standard InChI is InChI=1S/C22H22F3N5O3S/c1-29-12-9-17-19(29)28-21(34-13-2-4-18(31)27-11-3-10-26)30(20(17)32)15-5-7-16(8-6-15)33-14-22(23,24)25/h5-9,12H,2-4,11,13-14H2,1H3,(H,27,31). The number of alkyl halides is 3. The number of carbonyl (C=O) groups excluding carboxylic acids is 1. The molecule has 3 rings (SSSR count). The predicted molar refractivity (Wildman–Crippen MR) is 121 cm³/mol. The lowest BCUT2D eigenvalue weighted by Crippen LogP contribution is -2.24. The van der Waals surface area contributed by atoms with Crippen molar-refractivity contribution in [3.63, 3.8) is 0 Å². The van der Waals surface area contributed by atoms with Gasteiger partial charge in [0.15, 0.2) is 11.8 Å². The Morgan fingerprint density at radius 2 is 2.00 bits per heavy atom. The molecule has 1 amide bonds.